The van der Waals surface area contributed by atoms with E-state index >= 15 is 0 Å². The van der Waals surface area contributed by atoms with Crippen molar-refractivity contribution < 1.29 is 22.7 Å². The molecule has 1 heterocycles. The van der Waals surface area contributed by atoms with E-state index in [0.29, 0.717) is 13.1 Å². The van der Waals surface area contributed by atoms with Crippen molar-refractivity contribution in [1.82, 2.24) is 10.2 Å². The third-order valence-electron chi connectivity index (χ3n) is 4.45. The number of hydrogen-bond acceptors (Lipinski definition) is 3. The number of benzene rings is 2. The molecule has 27 heavy (non-hydrogen) atoms. The number of aryl methyl sites for hydroxylation is 1. The van der Waals surface area contributed by atoms with E-state index in [1.54, 1.807) is 17.0 Å². The van der Waals surface area contributed by atoms with E-state index < -0.39 is 6.36 Å². The Morgan fingerprint density at radius 1 is 1.15 bits per heavy atom. The number of rotatable bonds is 6. The topological polar surface area (TPSA) is 41.6 Å². The summed E-state index contributed by atoms with van der Waals surface area (Å²) in [4.78, 5) is 14.4. The first-order chi connectivity index (χ1) is 12.8. The molecule has 0 aliphatic carbocycles. The number of alkyl halides is 3. The molecule has 4 nitrogen and oxygen atoms in total. The fraction of sp³-hybridized carbons (Fsp3) is 0.350. The Labute approximate surface area is 155 Å². The number of halogens is 3. The van der Waals surface area contributed by atoms with E-state index in [-0.39, 0.29) is 11.7 Å². The van der Waals surface area contributed by atoms with Gasteiger partial charge in [0.1, 0.15) is 5.75 Å². The number of ether oxygens (including phenoxy) is 1. The van der Waals surface area contributed by atoms with Gasteiger partial charge in [-0.15, -0.1) is 13.2 Å². The van der Waals surface area contributed by atoms with Crippen LogP contribution in [0.15, 0.2) is 36.4 Å². The Balaban J connectivity index is 1.71. The predicted octanol–water partition coefficient (Wildman–Crippen LogP) is 4.16. The van der Waals surface area contributed by atoms with Crippen molar-refractivity contribution in [3.63, 3.8) is 0 Å². The Morgan fingerprint density at radius 3 is 2.48 bits per heavy atom. The molecule has 0 radical (unpaired) electrons. The maximum Gasteiger partial charge on any atom is 0.573 e. The van der Waals surface area contributed by atoms with Crippen LogP contribution in [0.1, 0.15) is 39.5 Å². The van der Waals surface area contributed by atoms with E-state index in [4.69, 9.17) is 0 Å². The largest absolute Gasteiger partial charge is 0.573 e. The van der Waals surface area contributed by atoms with E-state index in [2.05, 4.69) is 10.1 Å². The highest BCUT2D eigenvalue weighted by molar-refractivity contribution is 5.99. The summed E-state index contributed by atoms with van der Waals surface area (Å²) in [5.41, 5.74) is 4.55. The monoisotopic (exact) mass is 378 g/mol. The van der Waals surface area contributed by atoms with Gasteiger partial charge in [-0.1, -0.05) is 31.2 Å². The van der Waals surface area contributed by atoms with Crippen LogP contribution in [0, 0.1) is 6.92 Å². The second-order valence-corrected chi connectivity index (χ2v) is 6.58. The van der Waals surface area contributed by atoms with Gasteiger partial charge in [0.25, 0.3) is 5.91 Å². The minimum absolute atomic E-state index is 0.0480. The van der Waals surface area contributed by atoms with Crippen LogP contribution < -0.4 is 10.1 Å². The smallest absolute Gasteiger partial charge is 0.406 e. The molecule has 0 fully saturated rings. The molecule has 0 atom stereocenters. The molecule has 1 N–H and O–H groups in total. The molecule has 0 saturated carbocycles. The van der Waals surface area contributed by atoms with Gasteiger partial charge in [0.15, 0.2) is 0 Å². The molecule has 7 heteroatoms. The quantitative estimate of drug-likeness (QED) is 0.821. The summed E-state index contributed by atoms with van der Waals surface area (Å²) in [5.74, 6) is -0.320. The van der Waals surface area contributed by atoms with Crippen LogP contribution in [0.5, 0.6) is 5.75 Å². The van der Waals surface area contributed by atoms with Crippen molar-refractivity contribution in [2.75, 3.05) is 6.54 Å². The highest BCUT2D eigenvalue weighted by Crippen LogP contribution is 2.29. The van der Waals surface area contributed by atoms with Crippen molar-refractivity contribution in [1.29, 1.82) is 0 Å². The fourth-order valence-electron chi connectivity index (χ4n) is 3.32. The summed E-state index contributed by atoms with van der Waals surface area (Å²) in [6, 6.07) is 9.67. The van der Waals surface area contributed by atoms with Gasteiger partial charge in [0.05, 0.1) is 0 Å². The summed E-state index contributed by atoms with van der Waals surface area (Å²) >= 11 is 0. The third kappa shape index (κ3) is 4.60. The highest BCUT2D eigenvalue weighted by atomic mass is 19.4. The lowest BCUT2D eigenvalue weighted by Crippen LogP contribution is -2.23. The average Bonchev–Trinajstić information content (AvgIpc) is 2.89. The normalized spacial score (nSPS) is 13.8. The minimum atomic E-state index is -4.71. The average molecular weight is 378 g/mol. The fourth-order valence-corrected chi connectivity index (χ4v) is 3.32. The molecule has 0 spiro atoms. The van der Waals surface area contributed by atoms with Crippen molar-refractivity contribution in [2.45, 2.75) is 39.8 Å². The number of hydrogen-bond donors (Lipinski definition) is 1. The van der Waals surface area contributed by atoms with E-state index in [0.717, 1.165) is 40.9 Å². The lowest BCUT2D eigenvalue weighted by atomic mass is 10.0. The van der Waals surface area contributed by atoms with Crippen molar-refractivity contribution in [2.24, 2.45) is 0 Å². The zero-order valence-corrected chi connectivity index (χ0v) is 15.2. The van der Waals surface area contributed by atoms with Crippen LogP contribution in [0.2, 0.25) is 0 Å². The van der Waals surface area contributed by atoms with Gasteiger partial charge in [0, 0.05) is 25.2 Å². The van der Waals surface area contributed by atoms with Crippen LogP contribution in [0.3, 0.4) is 0 Å². The Hall–Kier alpha value is -2.54. The summed E-state index contributed by atoms with van der Waals surface area (Å²) in [7, 11) is 0. The third-order valence-corrected chi connectivity index (χ3v) is 4.45. The zero-order valence-electron chi connectivity index (χ0n) is 15.2. The van der Waals surface area contributed by atoms with E-state index in [1.807, 2.05) is 26.0 Å². The predicted molar refractivity (Wildman–Crippen MR) is 95.3 cm³/mol. The first-order valence-electron chi connectivity index (χ1n) is 8.74. The molecule has 1 aliphatic rings. The number of nitrogens with zero attached hydrogens (tertiary/aromatic N) is 1. The molecular formula is C20H21F3N2O2. The van der Waals surface area contributed by atoms with Crippen molar-refractivity contribution in [3.8, 4) is 5.75 Å². The number of carbonyl (C=O) groups excluding carboxylic acids is 1. The first-order valence-corrected chi connectivity index (χ1v) is 8.74. The Morgan fingerprint density at radius 2 is 1.85 bits per heavy atom. The van der Waals surface area contributed by atoms with Gasteiger partial charge in [0.2, 0.25) is 0 Å². The standard InChI is InChI=1S/C20H21F3N2O2/c1-3-24-10-15-8-13(2)18-16(9-15)12-25(19(18)26)11-14-4-6-17(7-5-14)27-20(21,22)23/h4-9,24H,3,10-12H2,1-2H3. The van der Waals surface area contributed by atoms with Gasteiger partial charge >= 0.3 is 6.36 Å². The van der Waals surface area contributed by atoms with Crippen LogP contribution in [0.25, 0.3) is 0 Å². The maximum absolute atomic E-state index is 12.7. The van der Waals surface area contributed by atoms with E-state index in [9.17, 15) is 18.0 Å². The van der Waals surface area contributed by atoms with Crippen LogP contribution in [-0.4, -0.2) is 23.7 Å². The molecule has 1 aliphatic heterocycles. The molecule has 2 aromatic carbocycles. The second-order valence-electron chi connectivity index (χ2n) is 6.58. The lowest BCUT2D eigenvalue weighted by molar-refractivity contribution is -0.274. The Kier molecular flexibility index (Phi) is 5.41. The van der Waals surface area contributed by atoms with Crippen LogP contribution in [-0.2, 0) is 19.6 Å². The zero-order chi connectivity index (χ0) is 19.6. The van der Waals surface area contributed by atoms with Gasteiger partial charge in [-0.2, -0.15) is 0 Å². The molecule has 3 rings (SSSR count). The molecule has 0 aromatic heterocycles. The SMILES string of the molecule is CCNCc1cc(C)c2c(c1)CN(Cc1ccc(OC(F)(F)F)cc1)C2=O. The van der Waals surface area contributed by atoms with Crippen LogP contribution >= 0.6 is 0 Å². The molecule has 0 unspecified atom stereocenters. The molecule has 144 valence electrons. The van der Waals surface area contributed by atoms with Gasteiger partial charge in [-0.25, -0.2) is 0 Å². The molecule has 0 saturated heterocycles. The van der Waals surface area contributed by atoms with Crippen LogP contribution in [0.4, 0.5) is 13.2 Å². The maximum atomic E-state index is 12.7. The number of carbonyl (C=O) groups is 1. The summed E-state index contributed by atoms with van der Waals surface area (Å²) in [6.45, 7) is 6.42. The highest BCUT2D eigenvalue weighted by Gasteiger charge is 2.31. The Bertz CT molecular complexity index is 832. The van der Waals surface area contributed by atoms with Gasteiger partial charge < -0.3 is 15.0 Å². The molecule has 1 amide bonds. The summed E-state index contributed by atoms with van der Waals surface area (Å²) < 4.78 is 40.6. The van der Waals surface area contributed by atoms with E-state index in [1.165, 1.54) is 12.1 Å². The van der Waals surface area contributed by atoms with Gasteiger partial charge in [-0.05, 0) is 47.9 Å². The lowest BCUT2D eigenvalue weighted by Gasteiger charge is -2.16. The summed E-state index contributed by atoms with van der Waals surface area (Å²) in [5, 5.41) is 3.28. The first kappa shape index (κ1) is 19.2. The molecular weight excluding hydrogens is 357 g/mol. The second kappa shape index (κ2) is 7.60. The number of nitrogens with one attached hydrogen (secondary N) is 1. The minimum Gasteiger partial charge on any atom is -0.406 e. The van der Waals surface area contributed by atoms with Gasteiger partial charge in [-0.3, -0.25) is 4.79 Å². The number of amides is 1. The van der Waals surface area contributed by atoms with Crippen molar-refractivity contribution in [3.05, 3.63) is 64.2 Å². The summed E-state index contributed by atoms with van der Waals surface area (Å²) in [6.07, 6.45) is -4.71. The van der Waals surface area contributed by atoms with Crippen molar-refractivity contribution >= 4 is 5.91 Å². The number of fused-ring (bicyclic) bond motifs is 1. The molecule has 2 aromatic rings. The molecule has 0 bridgehead atoms.